The molecule has 0 fully saturated rings. The molecule has 2 aromatic carbocycles. The zero-order valence-electron chi connectivity index (χ0n) is 9.50. The molecule has 4 heteroatoms. The van der Waals surface area contributed by atoms with Gasteiger partial charge in [-0.2, -0.15) is 0 Å². The SMILES string of the molecule is Clc1ccc(Cl)c(COc2cccc(CBr)c2)c1. The molecule has 2 aromatic rings. The lowest BCUT2D eigenvalue weighted by atomic mass is 10.2. The van der Waals surface area contributed by atoms with Gasteiger partial charge < -0.3 is 4.74 Å². The van der Waals surface area contributed by atoms with Crippen molar-refractivity contribution in [1.82, 2.24) is 0 Å². The lowest BCUT2D eigenvalue weighted by Crippen LogP contribution is -1.96. The van der Waals surface area contributed by atoms with Crippen molar-refractivity contribution in [3.63, 3.8) is 0 Å². The van der Waals surface area contributed by atoms with E-state index in [1.807, 2.05) is 30.3 Å². The number of hydrogen-bond donors (Lipinski definition) is 0. The first kappa shape index (κ1) is 13.7. The van der Waals surface area contributed by atoms with Crippen LogP contribution in [0.5, 0.6) is 5.75 Å². The van der Waals surface area contributed by atoms with Gasteiger partial charge in [0.25, 0.3) is 0 Å². The van der Waals surface area contributed by atoms with Gasteiger partial charge in [0.2, 0.25) is 0 Å². The molecule has 0 aliphatic carbocycles. The van der Waals surface area contributed by atoms with Crippen molar-refractivity contribution in [3.05, 3.63) is 63.6 Å². The van der Waals surface area contributed by atoms with Crippen molar-refractivity contribution in [3.8, 4) is 5.75 Å². The summed E-state index contributed by atoms with van der Waals surface area (Å²) in [5, 5.41) is 2.13. The molecule has 1 nitrogen and oxygen atoms in total. The van der Waals surface area contributed by atoms with Crippen molar-refractivity contribution < 1.29 is 4.74 Å². The molecular weight excluding hydrogens is 335 g/mol. The Kier molecular flexibility index (Phi) is 4.93. The molecule has 18 heavy (non-hydrogen) atoms. The summed E-state index contributed by atoms with van der Waals surface area (Å²) in [6.07, 6.45) is 0. The van der Waals surface area contributed by atoms with E-state index in [0.29, 0.717) is 16.7 Å². The Morgan fingerprint density at radius 1 is 1.06 bits per heavy atom. The first-order valence-electron chi connectivity index (χ1n) is 5.40. The second kappa shape index (κ2) is 6.46. The molecule has 0 bridgehead atoms. The lowest BCUT2D eigenvalue weighted by molar-refractivity contribution is 0.306. The minimum absolute atomic E-state index is 0.408. The molecule has 0 N–H and O–H groups in total. The quantitative estimate of drug-likeness (QED) is 0.668. The van der Waals surface area contributed by atoms with Crippen molar-refractivity contribution in [2.75, 3.05) is 0 Å². The van der Waals surface area contributed by atoms with Gasteiger partial charge in [0.15, 0.2) is 0 Å². The van der Waals surface area contributed by atoms with Gasteiger partial charge in [0.1, 0.15) is 12.4 Å². The fourth-order valence-electron chi connectivity index (χ4n) is 1.53. The number of rotatable bonds is 4. The van der Waals surface area contributed by atoms with Crippen LogP contribution < -0.4 is 4.74 Å². The van der Waals surface area contributed by atoms with E-state index in [-0.39, 0.29) is 0 Å². The average molecular weight is 346 g/mol. The first-order chi connectivity index (χ1) is 8.69. The standard InChI is InChI=1S/C14H11BrCl2O/c15-8-10-2-1-3-13(6-10)18-9-11-7-12(16)4-5-14(11)17/h1-7H,8-9H2. The van der Waals surface area contributed by atoms with E-state index in [0.717, 1.165) is 16.6 Å². The molecule has 94 valence electrons. The van der Waals surface area contributed by atoms with Gasteiger partial charge >= 0.3 is 0 Å². The Morgan fingerprint density at radius 3 is 2.67 bits per heavy atom. The Balaban J connectivity index is 2.08. The van der Waals surface area contributed by atoms with E-state index < -0.39 is 0 Å². The number of halogens is 3. The maximum atomic E-state index is 6.07. The summed E-state index contributed by atoms with van der Waals surface area (Å²) in [5.74, 6) is 0.822. The second-order valence-corrected chi connectivity index (χ2v) is 5.21. The minimum atomic E-state index is 0.408. The average Bonchev–Trinajstić information content (AvgIpc) is 2.40. The molecule has 0 saturated carbocycles. The predicted molar refractivity (Wildman–Crippen MR) is 79.9 cm³/mol. The molecule has 0 amide bonds. The maximum absolute atomic E-state index is 6.07. The van der Waals surface area contributed by atoms with E-state index in [9.17, 15) is 0 Å². The van der Waals surface area contributed by atoms with Crippen molar-refractivity contribution in [1.29, 1.82) is 0 Å². The second-order valence-electron chi connectivity index (χ2n) is 3.81. The smallest absolute Gasteiger partial charge is 0.120 e. The molecule has 0 atom stereocenters. The van der Waals surface area contributed by atoms with E-state index in [4.69, 9.17) is 27.9 Å². The van der Waals surface area contributed by atoms with Gasteiger partial charge in [-0.1, -0.05) is 51.3 Å². The summed E-state index contributed by atoms with van der Waals surface area (Å²) in [4.78, 5) is 0. The van der Waals surface area contributed by atoms with Crippen LogP contribution in [-0.4, -0.2) is 0 Å². The van der Waals surface area contributed by atoms with Crippen LogP contribution in [0.25, 0.3) is 0 Å². The van der Waals surface area contributed by atoms with E-state index >= 15 is 0 Å². The summed E-state index contributed by atoms with van der Waals surface area (Å²) >= 11 is 15.4. The maximum Gasteiger partial charge on any atom is 0.120 e. The van der Waals surface area contributed by atoms with Crippen LogP contribution in [0.15, 0.2) is 42.5 Å². The molecular formula is C14H11BrCl2O. The molecule has 0 saturated heterocycles. The third-order valence-corrected chi connectivity index (χ3v) is 3.71. The number of hydrogen-bond acceptors (Lipinski definition) is 1. The minimum Gasteiger partial charge on any atom is -0.489 e. The van der Waals surface area contributed by atoms with Crippen LogP contribution in [0, 0.1) is 0 Å². The Hall–Kier alpha value is -0.700. The number of benzene rings is 2. The van der Waals surface area contributed by atoms with E-state index in [2.05, 4.69) is 15.9 Å². The molecule has 0 aromatic heterocycles. The van der Waals surface area contributed by atoms with Crippen molar-refractivity contribution >= 4 is 39.1 Å². The molecule has 0 aliphatic heterocycles. The Morgan fingerprint density at radius 2 is 1.89 bits per heavy atom. The topological polar surface area (TPSA) is 9.23 Å². The molecule has 0 radical (unpaired) electrons. The molecule has 0 spiro atoms. The summed E-state index contributed by atoms with van der Waals surface area (Å²) in [5.41, 5.74) is 2.05. The largest absolute Gasteiger partial charge is 0.489 e. The van der Waals surface area contributed by atoms with Crippen molar-refractivity contribution in [2.24, 2.45) is 0 Å². The van der Waals surface area contributed by atoms with Crippen LogP contribution >= 0.6 is 39.1 Å². The highest BCUT2D eigenvalue weighted by molar-refractivity contribution is 9.08. The van der Waals surface area contributed by atoms with Crippen LogP contribution in [0.4, 0.5) is 0 Å². The normalized spacial score (nSPS) is 10.4. The third kappa shape index (κ3) is 3.64. The summed E-state index contributed by atoms with van der Waals surface area (Å²) in [6, 6.07) is 13.3. The predicted octanol–water partition coefficient (Wildman–Crippen LogP) is 5.47. The molecule has 0 aliphatic rings. The Bertz CT molecular complexity index is 543. The van der Waals surface area contributed by atoms with Gasteiger partial charge in [0.05, 0.1) is 0 Å². The highest BCUT2D eigenvalue weighted by atomic mass is 79.9. The van der Waals surface area contributed by atoms with Gasteiger partial charge in [0, 0.05) is 20.9 Å². The lowest BCUT2D eigenvalue weighted by Gasteiger charge is -2.09. The molecule has 2 rings (SSSR count). The van der Waals surface area contributed by atoms with Crippen LogP contribution in [0.2, 0.25) is 10.0 Å². The first-order valence-corrected chi connectivity index (χ1v) is 7.28. The van der Waals surface area contributed by atoms with Crippen molar-refractivity contribution in [2.45, 2.75) is 11.9 Å². The van der Waals surface area contributed by atoms with Gasteiger partial charge in [-0.05, 0) is 35.9 Å². The van der Waals surface area contributed by atoms with Gasteiger partial charge in [-0.15, -0.1) is 0 Å². The fourth-order valence-corrected chi connectivity index (χ4v) is 2.25. The zero-order valence-corrected chi connectivity index (χ0v) is 12.6. The third-order valence-electron chi connectivity index (χ3n) is 2.45. The zero-order chi connectivity index (χ0) is 13.0. The van der Waals surface area contributed by atoms with Crippen LogP contribution in [-0.2, 0) is 11.9 Å². The van der Waals surface area contributed by atoms with Gasteiger partial charge in [-0.25, -0.2) is 0 Å². The van der Waals surface area contributed by atoms with E-state index in [1.54, 1.807) is 12.1 Å². The number of alkyl halides is 1. The summed E-state index contributed by atoms with van der Waals surface area (Å²) in [6.45, 7) is 0.408. The highest BCUT2D eigenvalue weighted by Gasteiger charge is 2.03. The molecule has 0 unspecified atom stereocenters. The summed E-state index contributed by atoms with van der Waals surface area (Å²) in [7, 11) is 0. The van der Waals surface area contributed by atoms with E-state index in [1.165, 1.54) is 5.56 Å². The monoisotopic (exact) mass is 344 g/mol. The number of ether oxygens (including phenoxy) is 1. The van der Waals surface area contributed by atoms with Crippen LogP contribution in [0.3, 0.4) is 0 Å². The van der Waals surface area contributed by atoms with Crippen LogP contribution in [0.1, 0.15) is 11.1 Å². The molecule has 0 heterocycles. The summed E-state index contributed by atoms with van der Waals surface area (Å²) < 4.78 is 5.71. The Labute approximate surface area is 125 Å². The highest BCUT2D eigenvalue weighted by Crippen LogP contribution is 2.23. The van der Waals surface area contributed by atoms with Gasteiger partial charge in [-0.3, -0.25) is 0 Å². The fraction of sp³-hybridized carbons (Fsp3) is 0.143.